The van der Waals surface area contributed by atoms with E-state index in [-0.39, 0.29) is 17.9 Å². The first-order valence-corrected chi connectivity index (χ1v) is 10.5. The minimum Gasteiger partial charge on any atom is -0.352 e. The fourth-order valence-electron chi connectivity index (χ4n) is 4.66. The molecule has 2 aromatic rings. The number of likely N-dealkylation sites (tertiary alicyclic amines) is 1. The standard InChI is InChI=1S/C24H29N3O2/c1-17-10-11-21-19(15-17)20-16-26(2)14-12-22(20)27(21)23(28)9-6-13-25-24(29)18-7-4-3-5-8-18/h3-5,7-8,10-11,15,20,22H,6,9,12-14,16H2,1-2H3,(H,25,29)/t20-,22+/m0/s1. The zero-order valence-electron chi connectivity index (χ0n) is 17.2. The van der Waals surface area contributed by atoms with Gasteiger partial charge in [-0.15, -0.1) is 0 Å². The summed E-state index contributed by atoms with van der Waals surface area (Å²) in [5, 5.41) is 2.92. The predicted octanol–water partition coefficient (Wildman–Crippen LogP) is 3.34. The first kappa shape index (κ1) is 19.6. The third-order valence-electron chi connectivity index (χ3n) is 6.11. The van der Waals surface area contributed by atoms with Gasteiger partial charge in [0.25, 0.3) is 5.91 Å². The summed E-state index contributed by atoms with van der Waals surface area (Å²) in [5.74, 6) is 0.474. The Bertz CT molecular complexity index is 896. The van der Waals surface area contributed by atoms with Crippen LogP contribution < -0.4 is 10.2 Å². The molecule has 1 N–H and O–H groups in total. The van der Waals surface area contributed by atoms with Crippen molar-refractivity contribution in [3.05, 3.63) is 65.2 Å². The highest BCUT2D eigenvalue weighted by molar-refractivity contribution is 5.97. The molecule has 5 nitrogen and oxygen atoms in total. The number of fused-ring (bicyclic) bond motifs is 3. The SMILES string of the molecule is Cc1ccc2c(c1)[C@@H]1CN(C)CC[C@H]1N2C(=O)CCCNC(=O)c1ccccc1. The Morgan fingerprint density at radius 2 is 1.93 bits per heavy atom. The van der Waals surface area contributed by atoms with Gasteiger partial charge < -0.3 is 15.1 Å². The Hall–Kier alpha value is -2.66. The van der Waals surface area contributed by atoms with Gasteiger partial charge in [-0.25, -0.2) is 0 Å². The van der Waals surface area contributed by atoms with Gasteiger partial charge in [0.05, 0.1) is 0 Å². The molecule has 0 aliphatic carbocycles. The number of likely N-dealkylation sites (N-methyl/N-ethyl adjacent to an activating group) is 1. The number of hydrogen-bond acceptors (Lipinski definition) is 3. The van der Waals surface area contributed by atoms with Crippen LogP contribution in [0.2, 0.25) is 0 Å². The first-order chi connectivity index (χ1) is 14.0. The predicted molar refractivity (Wildman–Crippen MR) is 115 cm³/mol. The number of hydrogen-bond donors (Lipinski definition) is 1. The third-order valence-corrected chi connectivity index (χ3v) is 6.11. The maximum absolute atomic E-state index is 13.1. The van der Waals surface area contributed by atoms with Crippen LogP contribution in [0, 0.1) is 6.92 Å². The number of anilines is 1. The number of rotatable bonds is 5. The highest BCUT2D eigenvalue weighted by Gasteiger charge is 2.43. The molecule has 152 valence electrons. The Morgan fingerprint density at radius 3 is 2.72 bits per heavy atom. The van der Waals surface area contributed by atoms with Gasteiger partial charge in [-0.2, -0.15) is 0 Å². The second-order valence-corrected chi connectivity index (χ2v) is 8.28. The molecule has 0 saturated carbocycles. The molecule has 0 bridgehead atoms. The van der Waals surface area contributed by atoms with E-state index in [4.69, 9.17) is 0 Å². The van der Waals surface area contributed by atoms with Crippen molar-refractivity contribution < 1.29 is 9.59 Å². The normalized spacial score (nSPS) is 20.8. The van der Waals surface area contributed by atoms with Crippen LogP contribution in [0.5, 0.6) is 0 Å². The van der Waals surface area contributed by atoms with E-state index in [2.05, 4.69) is 42.4 Å². The summed E-state index contributed by atoms with van der Waals surface area (Å²) in [7, 11) is 2.16. The minimum absolute atomic E-state index is 0.0876. The summed E-state index contributed by atoms with van der Waals surface area (Å²) in [6.45, 7) is 4.63. The number of amides is 2. The van der Waals surface area contributed by atoms with Crippen LogP contribution in [0.25, 0.3) is 0 Å². The number of nitrogens with zero attached hydrogens (tertiary/aromatic N) is 2. The largest absolute Gasteiger partial charge is 0.352 e. The Kier molecular flexibility index (Phi) is 5.67. The molecule has 2 aromatic carbocycles. The molecular formula is C24H29N3O2. The monoisotopic (exact) mass is 391 g/mol. The topological polar surface area (TPSA) is 52.6 Å². The number of aryl methyl sites for hydroxylation is 1. The molecule has 2 aliphatic heterocycles. The van der Waals surface area contributed by atoms with E-state index in [9.17, 15) is 9.59 Å². The van der Waals surface area contributed by atoms with E-state index in [1.54, 1.807) is 12.1 Å². The van der Waals surface area contributed by atoms with E-state index in [1.165, 1.54) is 11.1 Å². The van der Waals surface area contributed by atoms with Crippen molar-refractivity contribution in [1.29, 1.82) is 0 Å². The quantitative estimate of drug-likeness (QED) is 0.796. The number of nitrogens with one attached hydrogen (secondary N) is 1. The summed E-state index contributed by atoms with van der Waals surface area (Å²) in [4.78, 5) is 29.7. The smallest absolute Gasteiger partial charge is 0.251 e. The van der Waals surface area contributed by atoms with E-state index in [0.29, 0.717) is 30.9 Å². The molecule has 0 aromatic heterocycles. The Morgan fingerprint density at radius 1 is 1.14 bits per heavy atom. The summed E-state index contributed by atoms with van der Waals surface area (Å²) in [6, 6.07) is 15.9. The number of carbonyl (C=O) groups excluding carboxylic acids is 2. The molecular weight excluding hydrogens is 362 g/mol. The van der Waals surface area contributed by atoms with Crippen molar-refractivity contribution in [3.8, 4) is 0 Å². The van der Waals surface area contributed by atoms with Crippen LogP contribution in [0.4, 0.5) is 5.69 Å². The summed E-state index contributed by atoms with van der Waals surface area (Å²) in [5.41, 5.74) is 4.29. The van der Waals surface area contributed by atoms with Gasteiger partial charge in [-0.05, 0) is 57.1 Å². The van der Waals surface area contributed by atoms with Crippen molar-refractivity contribution in [1.82, 2.24) is 10.2 Å². The highest BCUT2D eigenvalue weighted by Crippen LogP contribution is 2.45. The van der Waals surface area contributed by atoms with Gasteiger partial charge in [0.15, 0.2) is 0 Å². The van der Waals surface area contributed by atoms with E-state index >= 15 is 0 Å². The van der Waals surface area contributed by atoms with Crippen LogP contribution in [0.3, 0.4) is 0 Å². The van der Waals surface area contributed by atoms with Gasteiger partial charge >= 0.3 is 0 Å². The molecule has 2 amide bonds. The van der Waals surface area contributed by atoms with Gasteiger partial charge in [0, 0.05) is 42.7 Å². The molecule has 29 heavy (non-hydrogen) atoms. The number of carbonyl (C=O) groups is 2. The van der Waals surface area contributed by atoms with Gasteiger partial charge in [-0.1, -0.05) is 35.9 Å². The molecule has 1 fully saturated rings. The van der Waals surface area contributed by atoms with Gasteiger partial charge in [0.2, 0.25) is 5.91 Å². The molecule has 2 aliphatic rings. The lowest BCUT2D eigenvalue weighted by atomic mass is 9.89. The lowest BCUT2D eigenvalue weighted by Gasteiger charge is -2.36. The first-order valence-electron chi connectivity index (χ1n) is 10.5. The fourth-order valence-corrected chi connectivity index (χ4v) is 4.66. The van der Waals surface area contributed by atoms with Crippen LogP contribution in [-0.4, -0.2) is 49.4 Å². The van der Waals surface area contributed by atoms with Crippen molar-refractivity contribution >= 4 is 17.5 Å². The number of piperidine rings is 1. The van der Waals surface area contributed by atoms with E-state index in [1.807, 2.05) is 23.1 Å². The molecule has 5 heteroatoms. The van der Waals surface area contributed by atoms with E-state index < -0.39 is 0 Å². The molecule has 0 radical (unpaired) electrons. The Balaban J connectivity index is 1.39. The fraction of sp³-hybridized carbons (Fsp3) is 0.417. The van der Waals surface area contributed by atoms with Gasteiger partial charge in [0.1, 0.15) is 0 Å². The lowest BCUT2D eigenvalue weighted by molar-refractivity contribution is -0.119. The molecule has 1 saturated heterocycles. The second-order valence-electron chi connectivity index (χ2n) is 8.28. The van der Waals surface area contributed by atoms with Crippen molar-refractivity contribution in [2.24, 2.45) is 0 Å². The minimum atomic E-state index is -0.0876. The molecule has 2 heterocycles. The van der Waals surface area contributed by atoms with Crippen molar-refractivity contribution in [2.45, 2.75) is 38.1 Å². The zero-order valence-corrected chi connectivity index (χ0v) is 17.2. The van der Waals surface area contributed by atoms with Crippen molar-refractivity contribution in [2.75, 3.05) is 31.6 Å². The van der Waals surface area contributed by atoms with Crippen LogP contribution >= 0.6 is 0 Å². The average Bonchev–Trinajstić information content (AvgIpc) is 3.04. The van der Waals surface area contributed by atoms with Crippen molar-refractivity contribution in [3.63, 3.8) is 0 Å². The average molecular weight is 392 g/mol. The molecule has 0 unspecified atom stereocenters. The van der Waals surface area contributed by atoms with E-state index in [0.717, 1.165) is 25.2 Å². The number of benzene rings is 2. The second kappa shape index (κ2) is 8.37. The zero-order chi connectivity index (χ0) is 20.4. The van der Waals surface area contributed by atoms with Crippen LogP contribution in [-0.2, 0) is 4.79 Å². The van der Waals surface area contributed by atoms with Crippen LogP contribution in [0.1, 0.15) is 46.7 Å². The van der Waals surface area contributed by atoms with Crippen LogP contribution in [0.15, 0.2) is 48.5 Å². The lowest BCUT2D eigenvalue weighted by Crippen LogP contribution is -2.47. The summed E-state index contributed by atoms with van der Waals surface area (Å²) < 4.78 is 0. The maximum atomic E-state index is 13.1. The summed E-state index contributed by atoms with van der Waals surface area (Å²) in [6.07, 6.45) is 2.10. The third kappa shape index (κ3) is 4.06. The molecule has 0 spiro atoms. The molecule has 4 rings (SSSR count). The van der Waals surface area contributed by atoms with Gasteiger partial charge in [-0.3, -0.25) is 9.59 Å². The molecule has 2 atom stereocenters. The summed E-state index contributed by atoms with van der Waals surface area (Å²) >= 11 is 0. The maximum Gasteiger partial charge on any atom is 0.251 e. The Labute approximate surface area is 172 Å². The highest BCUT2D eigenvalue weighted by atomic mass is 16.2.